The Kier molecular flexibility index (Phi) is 5.81. The smallest absolute Gasteiger partial charge is 0.185 e. The Bertz CT molecular complexity index is 413. The number of ether oxygens (including phenoxy) is 1. The molecule has 2 rings (SSSR count). The minimum absolute atomic E-state index is 0.381. The number of anilines is 1. The molecule has 1 saturated heterocycles. The fourth-order valence-electron chi connectivity index (χ4n) is 2.42. The van der Waals surface area contributed by atoms with E-state index in [1.807, 2.05) is 11.3 Å². The number of nitrogens with one attached hydrogen (secondary N) is 1. The highest BCUT2D eigenvalue weighted by Crippen LogP contribution is 2.27. The van der Waals surface area contributed by atoms with Crippen LogP contribution in [0, 0.1) is 0 Å². The molecule has 4 nitrogen and oxygen atoms in total. The zero-order chi connectivity index (χ0) is 14.5. The highest BCUT2D eigenvalue weighted by molar-refractivity contribution is 7.15. The van der Waals surface area contributed by atoms with E-state index in [0.29, 0.717) is 12.1 Å². The zero-order valence-corrected chi connectivity index (χ0v) is 13.9. The van der Waals surface area contributed by atoms with Crippen LogP contribution in [0.5, 0.6) is 0 Å². The molecule has 1 N–H and O–H groups in total. The van der Waals surface area contributed by atoms with Crippen LogP contribution in [0.25, 0.3) is 0 Å². The van der Waals surface area contributed by atoms with Crippen molar-refractivity contribution < 1.29 is 4.74 Å². The molecule has 1 fully saturated rings. The van der Waals surface area contributed by atoms with Crippen molar-refractivity contribution in [2.75, 3.05) is 25.1 Å². The Hall–Kier alpha value is -0.650. The third-order valence-corrected chi connectivity index (χ3v) is 4.81. The summed E-state index contributed by atoms with van der Waals surface area (Å²) in [4.78, 5) is 8.42. The Morgan fingerprint density at radius 3 is 2.90 bits per heavy atom. The van der Waals surface area contributed by atoms with Gasteiger partial charge in [0.25, 0.3) is 0 Å². The third-order valence-electron chi connectivity index (χ3n) is 3.60. The van der Waals surface area contributed by atoms with E-state index in [0.717, 1.165) is 31.2 Å². The van der Waals surface area contributed by atoms with Gasteiger partial charge in [-0.2, -0.15) is 0 Å². The summed E-state index contributed by atoms with van der Waals surface area (Å²) in [6, 6.07) is 0.509. The van der Waals surface area contributed by atoms with E-state index < -0.39 is 0 Å². The van der Waals surface area contributed by atoms with E-state index in [9.17, 15) is 0 Å². The van der Waals surface area contributed by atoms with Gasteiger partial charge in [0.1, 0.15) is 0 Å². The molecule has 0 aliphatic carbocycles. The second-order valence-electron chi connectivity index (χ2n) is 5.77. The number of hydrogen-bond acceptors (Lipinski definition) is 5. The lowest BCUT2D eigenvalue weighted by Gasteiger charge is -2.19. The van der Waals surface area contributed by atoms with Gasteiger partial charge < -0.3 is 15.0 Å². The maximum Gasteiger partial charge on any atom is 0.185 e. The van der Waals surface area contributed by atoms with Crippen LogP contribution in [0.4, 0.5) is 5.13 Å². The fourth-order valence-corrected chi connectivity index (χ4v) is 3.49. The molecule has 20 heavy (non-hydrogen) atoms. The summed E-state index contributed by atoms with van der Waals surface area (Å²) in [5.41, 5.74) is 1.23. The highest BCUT2D eigenvalue weighted by atomic mass is 32.1. The van der Waals surface area contributed by atoms with E-state index >= 15 is 0 Å². The molecule has 1 atom stereocenters. The normalized spacial score (nSPS) is 18.9. The number of hydrogen-bond donors (Lipinski definition) is 1. The van der Waals surface area contributed by atoms with Gasteiger partial charge in [-0.15, -0.1) is 11.3 Å². The number of aryl methyl sites for hydroxylation is 1. The average Bonchev–Trinajstić information content (AvgIpc) is 3.04. The Morgan fingerprint density at radius 2 is 2.30 bits per heavy atom. The summed E-state index contributed by atoms with van der Waals surface area (Å²) >= 11 is 1.81. The third kappa shape index (κ3) is 4.17. The molecule has 1 unspecified atom stereocenters. The van der Waals surface area contributed by atoms with Crippen LogP contribution in [0.15, 0.2) is 0 Å². The van der Waals surface area contributed by atoms with Crippen molar-refractivity contribution in [1.82, 2.24) is 10.3 Å². The first-order chi connectivity index (χ1) is 9.60. The molecule has 0 aromatic carbocycles. The lowest BCUT2D eigenvalue weighted by molar-refractivity contribution is 0.116. The maximum atomic E-state index is 5.71. The van der Waals surface area contributed by atoms with Crippen LogP contribution in [-0.4, -0.2) is 37.3 Å². The van der Waals surface area contributed by atoms with Gasteiger partial charge in [0.2, 0.25) is 0 Å². The van der Waals surface area contributed by atoms with E-state index in [4.69, 9.17) is 9.72 Å². The van der Waals surface area contributed by atoms with E-state index in [-0.39, 0.29) is 0 Å². The van der Waals surface area contributed by atoms with Gasteiger partial charge in [0.05, 0.1) is 11.8 Å². The molecule has 0 spiro atoms. The summed E-state index contributed by atoms with van der Waals surface area (Å²) in [5, 5.41) is 4.61. The van der Waals surface area contributed by atoms with Crippen LogP contribution in [-0.2, 0) is 17.7 Å². The highest BCUT2D eigenvalue weighted by Gasteiger charge is 2.20. The SMILES string of the molecule is CCc1nc(N(C)CC2CCCO2)sc1CNC(C)C. The Balaban J connectivity index is 1.99. The van der Waals surface area contributed by atoms with Gasteiger partial charge in [-0.25, -0.2) is 4.98 Å². The molecule has 1 aliphatic heterocycles. The Morgan fingerprint density at radius 1 is 1.50 bits per heavy atom. The standard InChI is InChI=1S/C15H27N3OS/c1-5-13-14(9-16-11(2)3)20-15(17-13)18(4)10-12-7-6-8-19-12/h11-12,16H,5-10H2,1-4H3. The number of thiazole rings is 1. The molecular weight excluding hydrogens is 270 g/mol. The topological polar surface area (TPSA) is 37.4 Å². The summed E-state index contributed by atoms with van der Waals surface area (Å²) in [6.45, 7) is 9.33. The van der Waals surface area contributed by atoms with Gasteiger partial charge >= 0.3 is 0 Å². The van der Waals surface area contributed by atoms with Crippen molar-refractivity contribution in [3.8, 4) is 0 Å². The minimum atomic E-state index is 0.381. The number of aromatic nitrogens is 1. The van der Waals surface area contributed by atoms with Gasteiger partial charge in [0, 0.05) is 37.7 Å². The number of rotatable bonds is 7. The van der Waals surface area contributed by atoms with E-state index in [1.54, 1.807) is 0 Å². The zero-order valence-electron chi connectivity index (χ0n) is 13.1. The van der Waals surface area contributed by atoms with E-state index in [2.05, 4.69) is 38.0 Å². The first-order valence-electron chi connectivity index (χ1n) is 7.64. The predicted molar refractivity (Wildman–Crippen MR) is 85.7 cm³/mol. The lowest BCUT2D eigenvalue weighted by atomic mass is 10.2. The molecular formula is C15H27N3OS. The number of nitrogens with zero attached hydrogens (tertiary/aromatic N) is 2. The van der Waals surface area contributed by atoms with Crippen molar-refractivity contribution in [3.05, 3.63) is 10.6 Å². The lowest BCUT2D eigenvalue weighted by Crippen LogP contribution is -2.28. The summed E-state index contributed by atoms with van der Waals surface area (Å²) in [5.74, 6) is 0. The Labute approximate surface area is 126 Å². The first kappa shape index (κ1) is 15.7. The second-order valence-corrected chi connectivity index (χ2v) is 6.83. The van der Waals surface area contributed by atoms with Gasteiger partial charge in [-0.3, -0.25) is 0 Å². The average molecular weight is 297 g/mol. The van der Waals surface area contributed by atoms with Crippen LogP contribution in [0.1, 0.15) is 44.2 Å². The van der Waals surface area contributed by atoms with Crippen molar-refractivity contribution in [1.29, 1.82) is 0 Å². The van der Waals surface area contributed by atoms with Crippen LogP contribution in [0.3, 0.4) is 0 Å². The molecule has 1 aromatic rings. The molecule has 0 bridgehead atoms. The molecule has 114 valence electrons. The van der Waals surface area contributed by atoms with Gasteiger partial charge in [-0.1, -0.05) is 20.8 Å². The summed E-state index contributed by atoms with van der Waals surface area (Å²) in [6.07, 6.45) is 3.75. The quantitative estimate of drug-likeness (QED) is 0.840. The molecule has 0 radical (unpaired) electrons. The van der Waals surface area contributed by atoms with Gasteiger partial charge in [-0.05, 0) is 19.3 Å². The first-order valence-corrected chi connectivity index (χ1v) is 8.46. The van der Waals surface area contributed by atoms with Crippen LogP contribution >= 0.6 is 11.3 Å². The summed E-state index contributed by atoms with van der Waals surface area (Å²) < 4.78 is 5.71. The molecule has 1 aromatic heterocycles. The van der Waals surface area contributed by atoms with Crippen LogP contribution in [0.2, 0.25) is 0 Å². The molecule has 1 aliphatic rings. The number of likely N-dealkylation sites (N-methyl/N-ethyl adjacent to an activating group) is 1. The molecule has 2 heterocycles. The predicted octanol–water partition coefficient (Wildman–Crippen LogP) is 2.82. The van der Waals surface area contributed by atoms with Crippen molar-refractivity contribution in [2.24, 2.45) is 0 Å². The largest absolute Gasteiger partial charge is 0.376 e. The minimum Gasteiger partial charge on any atom is -0.376 e. The van der Waals surface area contributed by atoms with Gasteiger partial charge in [0.15, 0.2) is 5.13 Å². The van der Waals surface area contributed by atoms with Crippen LogP contribution < -0.4 is 10.2 Å². The van der Waals surface area contributed by atoms with Crippen molar-refractivity contribution in [3.63, 3.8) is 0 Å². The molecule has 5 heteroatoms. The van der Waals surface area contributed by atoms with Crippen molar-refractivity contribution in [2.45, 2.75) is 58.7 Å². The second kappa shape index (κ2) is 7.38. The van der Waals surface area contributed by atoms with Crippen molar-refractivity contribution >= 4 is 16.5 Å². The fraction of sp³-hybridized carbons (Fsp3) is 0.800. The monoisotopic (exact) mass is 297 g/mol. The van der Waals surface area contributed by atoms with E-state index in [1.165, 1.54) is 23.4 Å². The molecule has 0 saturated carbocycles. The maximum absolute atomic E-state index is 5.71. The summed E-state index contributed by atoms with van der Waals surface area (Å²) in [7, 11) is 2.12. The molecule has 0 amide bonds.